The molecule has 1 aliphatic carbocycles. The minimum absolute atomic E-state index is 0.00960. The van der Waals surface area contributed by atoms with Crippen LogP contribution in [0.25, 0.3) is 0 Å². The molecule has 104 valence electrons. The first-order valence-electron chi connectivity index (χ1n) is 6.52. The van der Waals surface area contributed by atoms with E-state index in [1.165, 1.54) is 6.20 Å². The summed E-state index contributed by atoms with van der Waals surface area (Å²) in [6.45, 7) is 2.06. The first-order chi connectivity index (χ1) is 9.09. The summed E-state index contributed by atoms with van der Waals surface area (Å²) in [7, 11) is 0. The van der Waals surface area contributed by atoms with Crippen molar-refractivity contribution in [3.63, 3.8) is 0 Å². The lowest BCUT2D eigenvalue weighted by molar-refractivity contribution is -0.144. The molecule has 0 saturated heterocycles. The van der Waals surface area contributed by atoms with Crippen LogP contribution in [0.1, 0.15) is 41.8 Å². The third kappa shape index (κ3) is 3.13. The van der Waals surface area contributed by atoms with Crippen LogP contribution in [0.4, 0.5) is 0 Å². The van der Waals surface area contributed by atoms with E-state index in [4.69, 9.17) is 9.63 Å². The fourth-order valence-electron chi connectivity index (χ4n) is 2.61. The van der Waals surface area contributed by atoms with Crippen molar-refractivity contribution in [2.45, 2.75) is 32.6 Å². The van der Waals surface area contributed by atoms with Gasteiger partial charge in [0.05, 0.1) is 12.1 Å². The Kier molecular flexibility index (Phi) is 4.19. The van der Waals surface area contributed by atoms with E-state index in [9.17, 15) is 9.59 Å². The number of nitrogens with one attached hydrogen (secondary N) is 1. The van der Waals surface area contributed by atoms with E-state index >= 15 is 0 Å². The normalized spacial score (nSPS) is 23.0. The minimum Gasteiger partial charge on any atom is -0.481 e. The lowest BCUT2D eigenvalue weighted by Gasteiger charge is -2.28. The molecular formula is C13H18N2O4. The quantitative estimate of drug-likeness (QED) is 0.863. The Bertz CT molecular complexity index is 469. The number of amides is 1. The van der Waals surface area contributed by atoms with Gasteiger partial charge in [0.1, 0.15) is 11.3 Å². The molecule has 6 nitrogen and oxygen atoms in total. The van der Waals surface area contributed by atoms with E-state index in [0.29, 0.717) is 24.3 Å². The zero-order valence-corrected chi connectivity index (χ0v) is 10.9. The number of aryl methyl sites for hydroxylation is 1. The van der Waals surface area contributed by atoms with E-state index in [1.807, 2.05) is 0 Å². The molecule has 2 unspecified atom stereocenters. The first-order valence-corrected chi connectivity index (χ1v) is 6.52. The van der Waals surface area contributed by atoms with Gasteiger partial charge in [0, 0.05) is 6.54 Å². The first kappa shape index (κ1) is 13.6. The number of carbonyl (C=O) groups is 2. The molecule has 6 heteroatoms. The Hall–Kier alpha value is -1.85. The fraction of sp³-hybridized carbons (Fsp3) is 0.615. The molecule has 0 bridgehead atoms. The van der Waals surface area contributed by atoms with Crippen molar-refractivity contribution in [3.05, 3.63) is 17.5 Å². The molecule has 2 atom stereocenters. The van der Waals surface area contributed by atoms with E-state index in [-0.39, 0.29) is 17.7 Å². The number of nitrogens with zero attached hydrogens (tertiary/aromatic N) is 1. The van der Waals surface area contributed by atoms with Crippen molar-refractivity contribution in [2.24, 2.45) is 11.8 Å². The second kappa shape index (κ2) is 5.86. The maximum Gasteiger partial charge on any atom is 0.306 e. The third-order valence-electron chi connectivity index (χ3n) is 3.75. The predicted octanol–water partition coefficient (Wildman–Crippen LogP) is 1.60. The third-order valence-corrected chi connectivity index (χ3v) is 3.75. The van der Waals surface area contributed by atoms with Crippen LogP contribution in [0.5, 0.6) is 0 Å². The van der Waals surface area contributed by atoms with Gasteiger partial charge in [-0.2, -0.15) is 0 Å². The second-order valence-corrected chi connectivity index (χ2v) is 4.99. The van der Waals surface area contributed by atoms with Gasteiger partial charge in [0.25, 0.3) is 5.91 Å². The highest BCUT2D eigenvalue weighted by Crippen LogP contribution is 2.29. The van der Waals surface area contributed by atoms with Gasteiger partial charge in [-0.3, -0.25) is 9.59 Å². The van der Waals surface area contributed by atoms with Gasteiger partial charge in [0.2, 0.25) is 0 Å². The molecule has 1 aromatic heterocycles. The lowest BCUT2D eigenvalue weighted by Crippen LogP contribution is -2.37. The van der Waals surface area contributed by atoms with Gasteiger partial charge in [0.15, 0.2) is 0 Å². The zero-order valence-electron chi connectivity index (χ0n) is 10.9. The zero-order chi connectivity index (χ0) is 13.8. The van der Waals surface area contributed by atoms with Crippen LogP contribution in [0.2, 0.25) is 0 Å². The standard InChI is InChI=1S/C13H18N2O4/c1-8-11(7-15-19-8)12(16)14-6-9-4-2-3-5-10(9)13(17)18/h7,9-10H,2-6H2,1H3,(H,14,16)(H,17,18). The number of carboxylic acid groups (broad SMARTS) is 1. The van der Waals surface area contributed by atoms with Crippen LogP contribution in [-0.4, -0.2) is 28.7 Å². The Morgan fingerprint density at radius 2 is 2.21 bits per heavy atom. The van der Waals surface area contributed by atoms with Gasteiger partial charge in [-0.1, -0.05) is 18.0 Å². The van der Waals surface area contributed by atoms with Crippen LogP contribution < -0.4 is 5.32 Å². The van der Waals surface area contributed by atoms with E-state index in [0.717, 1.165) is 19.3 Å². The van der Waals surface area contributed by atoms with Crippen molar-refractivity contribution in [1.82, 2.24) is 10.5 Å². The number of aromatic nitrogens is 1. The lowest BCUT2D eigenvalue weighted by atomic mass is 9.79. The highest BCUT2D eigenvalue weighted by atomic mass is 16.5. The smallest absolute Gasteiger partial charge is 0.306 e. The van der Waals surface area contributed by atoms with E-state index in [1.54, 1.807) is 6.92 Å². The molecule has 2 N–H and O–H groups in total. The topological polar surface area (TPSA) is 92.4 Å². The summed E-state index contributed by atoms with van der Waals surface area (Å²) in [4.78, 5) is 23.0. The highest BCUT2D eigenvalue weighted by molar-refractivity contribution is 5.94. The average Bonchev–Trinajstić information content (AvgIpc) is 2.82. The molecule has 1 aromatic rings. The number of carboxylic acids is 1. The van der Waals surface area contributed by atoms with Crippen LogP contribution >= 0.6 is 0 Å². The van der Waals surface area contributed by atoms with Crippen molar-refractivity contribution >= 4 is 11.9 Å². The van der Waals surface area contributed by atoms with Gasteiger partial charge >= 0.3 is 5.97 Å². The highest BCUT2D eigenvalue weighted by Gasteiger charge is 2.31. The van der Waals surface area contributed by atoms with Gasteiger partial charge < -0.3 is 14.9 Å². The van der Waals surface area contributed by atoms with E-state index < -0.39 is 5.97 Å². The van der Waals surface area contributed by atoms with Crippen LogP contribution in [-0.2, 0) is 4.79 Å². The van der Waals surface area contributed by atoms with Gasteiger partial charge in [-0.25, -0.2) is 0 Å². The number of hydrogen-bond donors (Lipinski definition) is 2. The summed E-state index contributed by atoms with van der Waals surface area (Å²) >= 11 is 0. The van der Waals surface area contributed by atoms with Gasteiger partial charge in [-0.05, 0) is 25.7 Å². The average molecular weight is 266 g/mol. The molecule has 1 amide bonds. The SMILES string of the molecule is Cc1oncc1C(=O)NCC1CCCCC1C(=O)O. The van der Waals surface area contributed by atoms with Crippen molar-refractivity contribution in [2.75, 3.05) is 6.54 Å². The maximum absolute atomic E-state index is 11.9. The number of carbonyl (C=O) groups excluding carboxylic acids is 1. The van der Waals surface area contributed by atoms with Crippen molar-refractivity contribution in [3.8, 4) is 0 Å². The summed E-state index contributed by atoms with van der Waals surface area (Å²) in [6, 6.07) is 0. The number of rotatable bonds is 4. The molecule has 1 aliphatic rings. The van der Waals surface area contributed by atoms with Gasteiger partial charge in [-0.15, -0.1) is 0 Å². The predicted molar refractivity (Wildman–Crippen MR) is 66.7 cm³/mol. The number of hydrogen-bond acceptors (Lipinski definition) is 4. The summed E-state index contributed by atoms with van der Waals surface area (Å²) < 4.78 is 4.83. The summed E-state index contributed by atoms with van der Waals surface area (Å²) in [5, 5.41) is 15.5. The summed E-state index contributed by atoms with van der Waals surface area (Å²) in [5.41, 5.74) is 0.405. The maximum atomic E-state index is 11.9. The second-order valence-electron chi connectivity index (χ2n) is 4.99. The molecule has 0 radical (unpaired) electrons. The minimum atomic E-state index is -0.764. The monoisotopic (exact) mass is 266 g/mol. The Morgan fingerprint density at radius 3 is 2.84 bits per heavy atom. The molecule has 19 heavy (non-hydrogen) atoms. The molecule has 0 aliphatic heterocycles. The van der Waals surface area contributed by atoms with Crippen LogP contribution in [0, 0.1) is 18.8 Å². The molecule has 1 heterocycles. The number of aliphatic carboxylic acids is 1. The molecule has 1 fully saturated rings. The summed E-state index contributed by atoms with van der Waals surface area (Å²) in [5.74, 6) is -0.891. The molecule has 1 saturated carbocycles. The molecule has 0 spiro atoms. The van der Waals surface area contributed by atoms with Crippen LogP contribution in [0.15, 0.2) is 10.7 Å². The Labute approximate surface area is 111 Å². The van der Waals surface area contributed by atoms with E-state index in [2.05, 4.69) is 10.5 Å². The largest absolute Gasteiger partial charge is 0.481 e. The fourth-order valence-corrected chi connectivity index (χ4v) is 2.61. The van der Waals surface area contributed by atoms with Crippen molar-refractivity contribution in [1.29, 1.82) is 0 Å². The molecular weight excluding hydrogens is 248 g/mol. The van der Waals surface area contributed by atoms with Crippen molar-refractivity contribution < 1.29 is 19.2 Å². The Balaban J connectivity index is 1.92. The van der Waals surface area contributed by atoms with Crippen LogP contribution in [0.3, 0.4) is 0 Å². The molecule has 2 rings (SSSR count). The Morgan fingerprint density at radius 1 is 1.47 bits per heavy atom. The molecule has 0 aromatic carbocycles. The summed E-state index contributed by atoms with van der Waals surface area (Å²) in [6.07, 6.45) is 4.89.